The maximum Gasteiger partial charge on any atom is 0.338 e. The van der Waals surface area contributed by atoms with Crippen LogP contribution in [0, 0.1) is 10.1 Å². The number of nitro benzene ring substituents is 1. The standard InChI is InChI=1S/C14H17N3O5.ClH/c1-9-8-16(4-3-15-9)13(18)10-5-11(14(19)22-2)7-12(6-10)17(20)21;/h5-7,9,15H,3-4,8H2,1-2H3;1H/t9-;/m1./s1. The molecule has 1 aliphatic heterocycles. The number of nitrogens with zero attached hydrogens (tertiary/aromatic N) is 2. The molecule has 2 rings (SSSR count). The maximum absolute atomic E-state index is 12.5. The SMILES string of the molecule is COC(=O)c1cc(C(=O)N2CCN[C@H](C)C2)cc([N+](=O)[O-])c1.Cl. The molecule has 126 valence electrons. The van der Waals surface area contributed by atoms with Gasteiger partial charge in [0.2, 0.25) is 0 Å². The molecule has 0 radical (unpaired) electrons. The molecule has 1 heterocycles. The molecular formula is C14H18ClN3O5. The Labute approximate surface area is 139 Å². The number of benzene rings is 1. The molecule has 0 aliphatic carbocycles. The lowest BCUT2D eigenvalue weighted by molar-refractivity contribution is -0.384. The van der Waals surface area contributed by atoms with E-state index in [4.69, 9.17) is 0 Å². The zero-order valence-corrected chi connectivity index (χ0v) is 13.6. The molecule has 23 heavy (non-hydrogen) atoms. The van der Waals surface area contributed by atoms with Gasteiger partial charge in [0.1, 0.15) is 0 Å². The summed E-state index contributed by atoms with van der Waals surface area (Å²) >= 11 is 0. The first-order valence-corrected chi connectivity index (χ1v) is 6.83. The number of non-ortho nitro benzene ring substituents is 1. The number of hydrogen-bond donors (Lipinski definition) is 1. The van der Waals surface area contributed by atoms with Crippen LogP contribution >= 0.6 is 12.4 Å². The second kappa shape index (κ2) is 7.89. The van der Waals surface area contributed by atoms with Crippen LogP contribution in [0.3, 0.4) is 0 Å². The number of nitro groups is 1. The number of hydrogen-bond acceptors (Lipinski definition) is 6. The monoisotopic (exact) mass is 343 g/mol. The van der Waals surface area contributed by atoms with Gasteiger partial charge in [-0.15, -0.1) is 12.4 Å². The van der Waals surface area contributed by atoms with Crippen LogP contribution in [0.5, 0.6) is 0 Å². The van der Waals surface area contributed by atoms with Crippen LogP contribution in [0.25, 0.3) is 0 Å². The molecule has 1 aliphatic rings. The largest absolute Gasteiger partial charge is 0.465 e. The van der Waals surface area contributed by atoms with Gasteiger partial charge in [-0.05, 0) is 13.0 Å². The van der Waals surface area contributed by atoms with Crippen molar-refractivity contribution < 1.29 is 19.2 Å². The average molecular weight is 344 g/mol. The highest BCUT2D eigenvalue weighted by atomic mass is 35.5. The van der Waals surface area contributed by atoms with Crippen molar-refractivity contribution in [3.8, 4) is 0 Å². The lowest BCUT2D eigenvalue weighted by Crippen LogP contribution is -2.51. The van der Waals surface area contributed by atoms with Gasteiger partial charge >= 0.3 is 5.97 Å². The molecule has 0 saturated carbocycles. The van der Waals surface area contributed by atoms with Gasteiger partial charge in [0.15, 0.2) is 0 Å². The number of carbonyl (C=O) groups is 2. The van der Waals surface area contributed by atoms with Crippen molar-refractivity contribution in [2.45, 2.75) is 13.0 Å². The Balaban J connectivity index is 0.00000264. The topological polar surface area (TPSA) is 102 Å². The van der Waals surface area contributed by atoms with Gasteiger partial charge < -0.3 is 15.0 Å². The van der Waals surface area contributed by atoms with Crippen LogP contribution in [-0.4, -0.2) is 54.5 Å². The summed E-state index contributed by atoms with van der Waals surface area (Å²) in [6.45, 7) is 3.63. The molecule has 1 N–H and O–H groups in total. The summed E-state index contributed by atoms with van der Waals surface area (Å²) in [5.74, 6) is -1.05. The summed E-state index contributed by atoms with van der Waals surface area (Å²) in [6.07, 6.45) is 0. The fraction of sp³-hybridized carbons (Fsp3) is 0.429. The first-order chi connectivity index (χ1) is 10.4. The van der Waals surface area contributed by atoms with Gasteiger partial charge in [-0.2, -0.15) is 0 Å². The second-order valence-corrected chi connectivity index (χ2v) is 5.12. The van der Waals surface area contributed by atoms with Crippen LogP contribution in [0.1, 0.15) is 27.6 Å². The van der Waals surface area contributed by atoms with Crippen LogP contribution < -0.4 is 5.32 Å². The van der Waals surface area contributed by atoms with E-state index < -0.39 is 10.9 Å². The van der Waals surface area contributed by atoms with Crippen LogP contribution in [0.15, 0.2) is 18.2 Å². The third kappa shape index (κ3) is 4.40. The third-order valence-electron chi connectivity index (χ3n) is 3.45. The minimum atomic E-state index is -0.716. The molecule has 9 heteroatoms. The van der Waals surface area contributed by atoms with Gasteiger partial charge in [0, 0.05) is 43.4 Å². The van der Waals surface area contributed by atoms with Crippen molar-refractivity contribution in [3.05, 3.63) is 39.4 Å². The Morgan fingerprint density at radius 2 is 2.00 bits per heavy atom. The minimum absolute atomic E-state index is 0. The van der Waals surface area contributed by atoms with Gasteiger partial charge in [-0.3, -0.25) is 14.9 Å². The smallest absolute Gasteiger partial charge is 0.338 e. The fourth-order valence-electron chi connectivity index (χ4n) is 2.38. The van der Waals surface area contributed by atoms with Crippen LogP contribution in [0.2, 0.25) is 0 Å². The normalized spacial score (nSPS) is 17.1. The molecule has 1 fully saturated rings. The first kappa shape index (κ1) is 18.9. The number of piperazine rings is 1. The lowest BCUT2D eigenvalue weighted by atomic mass is 10.1. The van der Waals surface area contributed by atoms with Crippen molar-refractivity contribution in [2.24, 2.45) is 0 Å². The summed E-state index contributed by atoms with van der Waals surface area (Å²) in [7, 11) is 1.18. The molecule has 0 aromatic heterocycles. The zero-order chi connectivity index (χ0) is 16.3. The van der Waals surface area contributed by atoms with Gasteiger partial charge in [0.05, 0.1) is 17.6 Å². The van der Waals surface area contributed by atoms with Crippen LogP contribution in [0.4, 0.5) is 5.69 Å². The highest BCUT2D eigenvalue weighted by Crippen LogP contribution is 2.20. The number of nitrogens with one attached hydrogen (secondary N) is 1. The van der Waals surface area contributed by atoms with Crippen molar-refractivity contribution >= 4 is 30.0 Å². The van der Waals surface area contributed by atoms with E-state index in [-0.39, 0.29) is 41.2 Å². The molecule has 0 spiro atoms. The van der Waals surface area contributed by atoms with E-state index in [2.05, 4.69) is 10.1 Å². The molecule has 0 unspecified atom stereocenters. The highest BCUT2D eigenvalue weighted by molar-refractivity contribution is 5.99. The van der Waals surface area contributed by atoms with E-state index in [0.717, 1.165) is 6.07 Å². The van der Waals surface area contributed by atoms with Crippen molar-refractivity contribution in [2.75, 3.05) is 26.7 Å². The fourth-order valence-corrected chi connectivity index (χ4v) is 2.38. The Bertz CT molecular complexity index is 622. The molecule has 1 saturated heterocycles. The van der Waals surface area contributed by atoms with Crippen molar-refractivity contribution in [3.63, 3.8) is 0 Å². The Hall–Kier alpha value is -2.19. The summed E-state index contributed by atoms with van der Waals surface area (Å²) < 4.78 is 4.57. The predicted octanol–water partition coefficient (Wildman–Crippen LogP) is 1.24. The van der Waals surface area contributed by atoms with Crippen molar-refractivity contribution in [1.82, 2.24) is 10.2 Å². The van der Waals surface area contributed by atoms with Gasteiger partial charge in [-0.1, -0.05) is 0 Å². The lowest BCUT2D eigenvalue weighted by Gasteiger charge is -2.32. The molecule has 0 bridgehead atoms. The first-order valence-electron chi connectivity index (χ1n) is 6.83. The molecule has 1 atom stereocenters. The van der Waals surface area contributed by atoms with Gasteiger partial charge in [0.25, 0.3) is 11.6 Å². The number of methoxy groups -OCH3 is 1. The predicted molar refractivity (Wildman–Crippen MR) is 85.1 cm³/mol. The Kier molecular flexibility index (Phi) is 6.47. The van der Waals surface area contributed by atoms with E-state index >= 15 is 0 Å². The van der Waals surface area contributed by atoms with Gasteiger partial charge in [-0.25, -0.2) is 4.79 Å². The number of carbonyl (C=O) groups excluding carboxylic acids is 2. The molecular weight excluding hydrogens is 326 g/mol. The minimum Gasteiger partial charge on any atom is -0.465 e. The van der Waals surface area contributed by atoms with Crippen LogP contribution in [-0.2, 0) is 4.74 Å². The van der Waals surface area contributed by atoms with E-state index in [9.17, 15) is 19.7 Å². The third-order valence-corrected chi connectivity index (χ3v) is 3.45. The van der Waals surface area contributed by atoms with E-state index in [1.165, 1.54) is 19.2 Å². The molecule has 1 aromatic rings. The summed E-state index contributed by atoms with van der Waals surface area (Å²) in [4.78, 5) is 36.1. The summed E-state index contributed by atoms with van der Waals surface area (Å²) in [5, 5.41) is 14.2. The number of ether oxygens (including phenoxy) is 1. The Morgan fingerprint density at radius 3 is 2.57 bits per heavy atom. The highest BCUT2D eigenvalue weighted by Gasteiger charge is 2.24. The number of rotatable bonds is 3. The number of halogens is 1. The Morgan fingerprint density at radius 1 is 1.35 bits per heavy atom. The number of esters is 1. The maximum atomic E-state index is 12.5. The summed E-state index contributed by atoms with van der Waals surface area (Å²) in [5.41, 5.74) is -0.207. The van der Waals surface area contributed by atoms with E-state index in [1.54, 1.807) is 4.90 Å². The molecule has 1 amide bonds. The average Bonchev–Trinajstić information content (AvgIpc) is 2.52. The van der Waals surface area contributed by atoms with E-state index in [0.29, 0.717) is 19.6 Å². The quantitative estimate of drug-likeness (QED) is 0.503. The summed E-state index contributed by atoms with van der Waals surface area (Å²) in [6, 6.07) is 3.76. The molecule has 8 nitrogen and oxygen atoms in total. The number of amides is 1. The van der Waals surface area contributed by atoms with Crippen molar-refractivity contribution in [1.29, 1.82) is 0 Å². The van der Waals surface area contributed by atoms with E-state index in [1.807, 2.05) is 6.92 Å². The molecule has 1 aromatic carbocycles. The second-order valence-electron chi connectivity index (χ2n) is 5.12. The zero-order valence-electron chi connectivity index (χ0n) is 12.8.